The van der Waals surface area contributed by atoms with Crippen LogP contribution in [-0.2, 0) is 16.1 Å². The maximum Gasteiger partial charge on any atom is 0.242 e. The molecule has 0 saturated carbocycles. The fourth-order valence-electron chi connectivity index (χ4n) is 3.35. The fraction of sp³-hybridized carbons (Fsp3) is 0.609. The van der Waals surface area contributed by atoms with Gasteiger partial charge in [0.05, 0.1) is 6.54 Å². The van der Waals surface area contributed by atoms with E-state index < -0.39 is 0 Å². The van der Waals surface area contributed by atoms with Crippen LogP contribution in [0.4, 0.5) is 0 Å². The first-order valence-corrected chi connectivity index (χ1v) is 10.9. The van der Waals surface area contributed by atoms with E-state index in [0.29, 0.717) is 5.96 Å². The number of aliphatic imine (C=N–C) groups is 1. The molecule has 3 N–H and O–H groups in total. The molecule has 1 fully saturated rings. The zero-order valence-electron chi connectivity index (χ0n) is 20.0. The zero-order valence-corrected chi connectivity index (χ0v) is 22.3. The first-order valence-electron chi connectivity index (χ1n) is 10.9. The lowest BCUT2D eigenvalue weighted by Gasteiger charge is -2.33. The first kappa shape index (κ1) is 28.2. The minimum absolute atomic E-state index is 0. The highest BCUT2D eigenvalue weighted by Crippen LogP contribution is 2.13. The number of rotatable bonds is 7. The van der Waals surface area contributed by atoms with Crippen LogP contribution in [0.1, 0.15) is 39.2 Å². The van der Waals surface area contributed by atoms with Gasteiger partial charge in [-0.05, 0) is 39.2 Å². The largest absolute Gasteiger partial charge is 0.354 e. The second-order valence-corrected chi connectivity index (χ2v) is 9.29. The van der Waals surface area contributed by atoms with Crippen LogP contribution in [0.3, 0.4) is 0 Å². The number of hydrogen-bond acceptors (Lipinski definition) is 4. The smallest absolute Gasteiger partial charge is 0.242 e. The predicted molar refractivity (Wildman–Crippen MR) is 140 cm³/mol. The summed E-state index contributed by atoms with van der Waals surface area (Å²) in [6, 6.07) is 10.7. The number of guanidine groups is 1. The van der Waals surface area contributed by atoms with Crippen molar-refractivity contribution >= 4 is 41.8 Å². The predicted octanol–water partition coefficient (Wildman–Crippen LogP) is 1.81. The van der Waals surface area contributed by atoms with Crippen molar-refractivity contribution in [1.29, 1.82) is 0 Å². The van der Waals surface area contributed by atoms with Crippen LogP contribution in [0.15, 0.2) is 35.3 Å². The van der Waals surface area contributed by atoms with Crippen molar-refractivity contribution in [2.75, 3.05) is 40.3 Å². The maximum absolute atomic E-state index is 12.2. The topological polar surface area (TPSA) is 89.1 Å². The average molecular weight is 559 g/mol. The molecule has 0 atom stereocenters. The number of carbonyl (C=O) groups is 2. The molecule has 1 heterocycles. The van der Waals surface area contributed by atoms with E-state index in [0.717, 1.165) is 32.5 Å². The molecule has 1 aliphatic rings. The molecule has 1 aliphatic heterocycles. The molecule has 9 heteroatoms. The number of nitrogens with one attached hydrogen (secondary N) is 3. The van der Waals surface area contributed by atoms with Crippen molar-refractivity contribution < 1.29 is 9.59 Å². The number of halogens is 1. The lowest BCUT2D eigenvalue weighted by atomic mass is 10.0. The van der Waals surface area contributed by atoms with Gasteiger partial charge in [-0.25, -0.2) is 4.99 Å². The molecule has 0 aliphatic carbocycles. The fourth-order valence-corrected chi connectivity index (χ4v) is 3.35. The lowest BCUT2D eigenvalue weighted by Crippen LogP contribution is -2.50. The van der Waals surface area contributed by atoms with Crippen molar-refractivity contribution in [3.05, 3.63) is 35.9 Å². The van der Waals surface area contributed by atoms with Crippen LogP contribution in [-0.4, -0.2) is 79.4 Å². The van der Waals surface area contributed by atoms with E-state index in [4.69, 9.17) is 0 Å². The maximum atomic E-state index is 12.2. The second-order valence-electron chi connectivity index (χ2n) is 9.29. The Balaban J connectivity index is 0.00000512. The highest BCUT2D eigenvalue weighted by molar-refractivity contribution is 14.0. The van der Waals surface area contributed by atoms with Gasteiger partial charge >= 0.3 is 0 Å². The van der Waals surface area contributed by atoms with Gasteiger partial charge in [-0.2, -0.15) is 0 Å². The molecular formula is C23H39IN6O2. The average Bonchev–Trinajstić information content (AvgIpc) is 2.70. The number of hydrogen-bond donors (Lipinski definition) is 3. The van der Waals surface area contributed by atoms with Gasteiger partial charge in [0.1, 0.15) is 6.54 Å². The van der Waals surface area contributed by atoms with Crippen LogP contribution in [0.2, 0.25) is 0 Å². The minimum atomic E-state index is -0.305. The van der Waals surface area contributed by atoms with E-state index in [1.165, 1.54) is 10.5 Å². The summed E-state index contributed by atoms with van der Waals surface area (Å²) in [5, 5.41) is 9.39. The Morgan fingerprint density at radius 3 is 2.31 bits per heavy atom. The van der Waals surface area contributed by atoms with E-state index >= 15 is 0 Å². The highest BCUT2D eigenvalue weighted by Gasteiger charge is 2.21. The summed E-state index contributed by atoms with van der Waals surface area (Å²) in [6.45, 7) is 8.88. The normalized spacial score (nSPS) is 15.5. The van der Waals surface area contributed by atoms with E-state index in [9.17, 15) is 9.59 Å². The third-order valence-corrected chi connectivity index (χ3v) is 4.98. The minimum Gasteiger partial charge on any atom is -0.354 e. The molecule has 0 spiro atoms. The van der Waals surface area contributed by atoms with Crippen LogP contribution >= 0.6 is 24.0 Å². The SMILES string of the molecule is CN(C)C(=O)CNC(=NCC(=O)NC(C)(C)C)NC1CCN(Cc2ccccc2)CC1.I. The number of benzene rings is 1. The van der Waals surface area contributed by atoms with Crippen molar-refractivity contribution in [2.45, 2.75) is 51.7 Å². The monoisotopic (exact) mass is 558 g/mol. The molecule has 1 aromatic carbocycles. The second kappa shape index (κ2) is 13.6. The van der Waals surface area contributed by atoms with E-state index in [1.54, 1.807) is 14.1 Å². The van der Waals surface area contributed by atoms with Crippen molar-refractivity contribution in [2.24, 2.45) is 4.99 Å². The van der Waals surface area contributed by atoms with E-state index in [-0.39, 0.29) is 60.5 Å². The number of piperidine rings is 1. The summed E-state index contributed by atoms with van der Waals surface area (Å²) in [7, 11) is 3.43. The summed E-state index contributed by atoms with van der Waals surface area (Å²) < 4.78 is 0. The lowest BCUT2D eigenvalue weighted by molar-refractivity contribution is -0.127. The Bertz CT molecular complexity index is 741. The van der Waals surface area contributed by atoms with E-state index in [2.05, 4.69) is 50.1 Å². The quantitative estimate of drug-likeness (QED) is 0.270. The van der Waals surface area contributed by atoms with Crippen molar-refractivity contribution in [3.8, 4) is 0 Å². The summed E-state index contributed by atoms with van der Waals surface area (Å²) >= 11 is 0. The third kappa shape index (κ3) is 11.1. The molecule has 0 radical (unpaired) electrons. The van der Waals surface area contributed by atoms with Gasteiger partial charge in [-0.3, -0.25) is 14.5 Å². The van der Waals surface area contributed by atoms with Gasteiger partial charge in [0.25, 0.3) is 0 Å². The number of carbonyl (C=O) groups excluding carboxylic acids is 2. The molecule has 180 valence electrons. The van der Waals surface area contributed by atoms with E-state index in [1.807, 2.05) is 26.8 Å². The van der Waals surface area contributed by atoms with Gasteiger partial charge in [0, 0.05) is 45.3 Å². The van der Waals surface area contributed by atoms with Crippen LogP contribution in [0.5, 0.6) is 0 Å². The Morgan fingerprint density at radius 1 is 1.12 bits per heavy atom. The van der Waals surface area contributed by atoms with Gasteiger partial charge in [-0.15, -0.1) is 24.0 Å². The molecule has 0 bridgehead atoms. The van der Waals surface area contributed by atoms with Crippen LogP contribution in [0.25, 0.3) is 0 Å². The number of likely N-dealkylation sites (N-methyl/N-ethyl adjacent to an activating group) is 1. The summed E-state index contributed by atoms with van der Waals surface area (Å²) in [4.78, 5) is 32.5. The molecular weight excluding hydrogens is 519 g/mol. The molecule has 32 heavy (non-hydrogen) atoms. The number of likely N-dealkylation sites (tertiary alicyclic amines) is 1. The van der Waals surface area contributed by atoms with Gasteiger partial charge in [0.2, 0.25) is 11.8 Å². The van der Waals surface area contributed by atoms with Gasteiger partial charge in [-0.1, -0.05) is 30.3 Å². The van der Waals surface area contributed by atoms with Crippen LogP contribution in [0, 0.1) is 0 Å². The number of nitrogens with zero attached hydrogens (tertiary/aromatic N) is 3. The van der Waals surface area contributed by atoms with Crippen LogP contribution < -0.4 is 16.0 Å². The van der Waals surface area contributed by atoms with Gasteiger partial charge in [0.15, 0.2) is 5.96 Å². The van der Waals surface area contributed by atoms with Crippen molar-refractivity contribution in [3.63, 3.8) is 0 Å². The highest BCUT2D eigenvalue weighted by atomic mass is 127. The molecule has 1 saturated heterocycles. The number of amides is 2. The van der Waals surface area contributed by atoms with Crippen molar-refractivity contribution in [1.82, 2.24) is 25.8 Å². The Hall–Kier alpha value is -1.88. The molecule has 0 unspecified atom stereocenters. The molecule has 1 aromatic rings. The molecule has 2 amide bonds. The third-order valence-electron chi connectivity index (χ3n) is 4.98. The summed E-state index contributed by atoms with van der Waals surface area (Å²) in [5.41, 5.74) is 1.02. The first-order chi connectivity index (χ1) is 14.6. The summed E-state index contributed by atoms with van der Waals surface area (Å²) in [6.07, 6.45) is 1.95. The Kier molecular flexibility index (Phi) is 12.0. The Morgan fingerprint density at radius 2 is 1.75 bits per heavy atom. The standard InChI is InChI=1S/C23H38N6O2.HI/c1-23(2,3)27-20(30)15-24-22(25-16-21(31)28(4)5)26-19-11-13-29(14-12-19)17-18-9-7-6-8-10-18;/h6-10,19H,11-17H2,1-5H3,(H,27,30)(H2,24,25,26);1H. The van der Waals surface area contributed by atoms with Gasteiger partial charge < -0.3 is 20.9 Å². The molecule has 0 aromatic heterocycles. The zero-order chi connectivity index (χ0) is 22.9. The Labute approximate surface area is 209 Å². The summed E-state index contributed by atoms with van der Waals surface area (Å²) in [5.74, 6) is 0.303. The molecule has 2 rings (SSSR count). The molecule has 8 nitrogen and oxygen atoms in total.